The highest BCUT2D eigenvalue weighted by Crippen LogP contribution is 2.43. The number of benzene rings is 1. The summed E-state index contributed by atoms with van der Waals surface area (Å²) in [6.45, 7) is 4.85. The maximum Gasteiger partial charge on any atom is 0.319 e. The molecule has 0 aliphatic carbocycles. The summed E-state index contributed by atoms with van der Waals surface area (Å²) in [5.74, 6) is -1.44. The number of rotatable bonds is 3. The number of cyclic esters (lactones) is 1. The summed E-state index contributed by atoms with van der Waals surface area (Å²) in [5, 5.41) is 11.1. The second-order valence-corrected chi connectivity index (χ2v) is 5.65. The molecule has 0 radical (unpaired) electrons. The summed E-state index contributed by atoms with van der Waals surface area (Å²) in [7, 11) is 0. The molecule has 1 aliphatic heterocycles. The van der Waals surface area contributed by atoms with Gasteiger partial charge in [-0.15, -0.1) is 0 Å². The number of nitrogens with zero attached hydrogens (tertiary/aromatic N) is 1. The molecule has 0 amide bonds. The molecule has 21 heavy (non-hydrogen) atoms. The molecule has 6 heteroatoms. The average Bonchev–Trinajstić information content (AvgIpc) is 2.45. The Labute approximate surface area is 122 Å². The Morgan fingerprint density at radius 1 is 1.29 bits per heavy atom. The van der Waals surface area contributed by atoms with Gasteiger partial charge in [-0.05, 0) is 26.3 Å². The lowest BCUT2D eigenvalue weighted by atomic mass is 9.74. The van der Waals surface area contributed by atoms with Crippen LogP contribution in [0.2, 0.25) is 0 Å². The molecule has 6 nitrogen and oxygen atoms in total. The van der Waals surface area contributed by atoms with E-state index in [1.807, 2.05) is 0 Å². The van der Waals surface area contributed by atoms with Crippen LogP contribution in [0, 0.1) is 21.4 Å². The molecule has 2 unspecified atom stereocenters. The van der Waals surface area contributed by atoms with Crippen LogP contribution in [-0.2, 0) is 14.3 Å². The van der Waals surface area contributed by atoms with E-state index in [4.69, 9.17) is 4.74 Å². The third kappa shape index (κ3) is 2.41. The highest BCUT2D eigenvalue weighted by Gasteiger charge is 2.51. The van der Waals surface area contributed by atoms with Crippen molar-refractivity contribution in [3.8, 4) is 0 Å². The van der Waals surface area contributed by atoms with E-state index in [0.29, 0.717) is 6.42 Å². The van der Waals surface area contributed by atoms with Gasteiger partial charge in [0.15, 0.2) is 5.78 Å². The van der Waals surface area contributed by atoms with E-state index >= 15 is 0 Å². The maximum absolute atomic E-state index is 12.5. The molecule has 0 aromatic heterocycles. The summed E-state index contributed by atoms with van der Waals surface area (Å²) >= 11 is 0. The smallest absolute Gasteiger partial charge is 0.319 e. The number of hydrogen-bond acceptors (Lipinski definition) is 5. The van der Waals surface area contributed by atoms with Crippen LogP contribution in [0.3, 0.4) is 0 Å². The lowest BCUT2D eigenvalue weighted by Crippen LogP contribution is -2.47. The Morgan fingerprint density at radius 3 is 2.48 bits per heavy atom. The highest BCUT2D eigenvalue weighted by atomic mass is 16.6. The van der Waals surface area contributed by atoms with Crippen LogP contribution >= 0.6 is 0 Å². The Morgan fingerprint density at radius 2 is 1.90 bits per heavy atom. The van der Waals surface area contributed by atoms with Gasteiger partial charge in [0.25, 0.3) is 5.69 Å². The molecule has 0 spiro atoms. The number of ether oxygens (including phenoxy) is 1. The van der Waals surface area contributed by atoms with Crippen LogP contribution < -0.4 is 0 Å². The van der Waals surface area contributed by atoms with Gasteiger partial charge in [-0.2, -0.15) is 0 Å². The molecule has 0 bridgehead atoms. The predicted molar refractivity (Wildman–Crippen MR) is 74.5 cm³/mol. The number of hydrogen-bond donors (Lipinski definition) is 0. The first-order valence-electron chi connectivity index (χ1n) is 6.79. The van der Waals surface area contributed by atoms with Gasteiger partial charge in [0.2, 0.25) is 0 Å². The number of nitro benzene ring substituents is 1. The van der Waals surface area contributed by atoms with Crippen molar-refractivity contribution in [3.05, 3.63) is 39.9 Å². The van der Waals surface area contributed by atoms with Crippen LogP contribution in [0.5, 0.6) is 0 Å². The number of carbonyl (C=O) groups excluding carboxylic acids is 2. The van der Waals surface area contributed by atoms with E-state index in [-0.39, 0.29) is 17.0 Å². The number of Topliss-reactive ketones (excluding diaryl/α,β-unsaturated/α-hetero) is 1. The fourth-order valence-electron chi connectivity index (χ4n) is 2.62. The molecule has 0 N–H and O–H groups in total. The minimum Gasteiger partial charge on any atom is -0.456 e. The summed E-state index contributed by atoms with van der Waals surface area (Å²) in [6.07, 6.45) is -0.448. The van der Waals surface area contributed by atoms with Gasteiger partial charge in [-0.1, -0.05) is 19.1 Å². The molecule has 112 valence electrons. The van der Waals surface area contributed by atoms with Crippen molar-refractivity contribution in [3.63, 3.8) is 0 Å². The zero-order chi connectivity index (χ0) is 15.8. The van der Waals surface area contributed by atoms with Crippen LogP contribution in [-0.4, -0.2) is 16.7 Å². The fourth-order valence-corrected chi connectivity index (χ4v) is 2.62. The van der Waals surface area contributed by atoms with Crippen LogP contribution in [0.4, 0.5) is 5.69 Å². The number of para-hydroxylation sites is 1. The first-order chi connectivity index (χ1) is 9.80. The number of esters is 1. The molecule has 1 saturated heterocycles. The fraction of sp³-hybridized carbons (Fsp3) is 0.467. The number of ketones is 1. The highest BCUT2D eigenvalue weighted by molar-refractivity contribution is 6.06. The van der Waals surface area contributed by atoms with Gasteiger partial charge < -0.3 is 4.74 Å². The first kappa shape index (κ1) is 15.2. The summed E-state index contributed by atoms with van der Waals surface area (Å²) in [5.41, 5.74) is -1.08. The molecule has 2 atom stereocenters. The molecule has 1 aromatic rings. The number of carbonyl (C=O) groups is 2. The molecule has 1 aliphatic rings. The number of nitro groups is 1. The van der Waals surface area contributed by atoms with E-state index in [2.05, 4.69) is 0 Å². The van der Waals surface area contributed by atoms with Crippen LogP contribution in [0.1, 0.15) is 38.9 Å². The van der Waals surface area contributed by atoms with Crippen LogP contribution in [0.25, 0.3) is 0 Å². The lowest BCUT2D eigenvalue weighted by molar-refractivity contribution is -0.386. The monoisotopic (exact) mass is 291 g/mol. The van der Waals surface area contributed by atoms with Gasteiger partial charge in [0.05, 0.1) is 16.4 Å². The van der Waals surface area contributed by atoms with E-state index in [9.17, 15) is 19.7 Å². The van der Waals surface area contributed by atoms with Gasteiger partial charge in [-0.3, -0.25) is 19.7 Å². The Kier molecular flexibility index (Phi) is 3.80. The molecule has 1 aromatic carbocycles. The van der Waals surface area contributed by atoms with E-state index in [1.54, 1.807) is 19.1 Å². The lowest BCUT2D eigenvalue weighted by Gasteiger charge is -2.37. The zero-order valence-electron chi connectivity index (χ0n) is 12.2. The topological polar surface area (TPSA) is 86.5 Å². The van der Waals surface area contributed by atoms with Crippen molar-refractivity contribution >= 4 is 17.4 Å². The first-order valence-corrected chi connectivity index (χ1v) is 6.79. The molecule has 1 fully saturated rings. The van der Waals surface area contributed by atoms with E-state index < -0.39 is 28.3 Å². The second kappa shape index (κ2) is 5.27. The molecule has 1 heterocycles. The maximum atomic E-state index is 12.5. The summed E-state index contributed by atoms with van der Waals surface area (Å²) < 4.78 is 5.39. The third-order valence-corrected chi connectivity index (χ3v) is 3.94. The van der Waals surface area contributed by atoms with Gasteiger partial charge in [0.1, 0.15) is 11.5 Å². The SMILES string of the molecule is CCC1C(=O)C(C)(C)C(=O)OC1c1ccccc1[N+](=O)[O-]. The Bertz CT molecular complexity index is 608. The average molecular weight is 291 g/mol. The van der Waals surface area contributed by atoms with E-state index in [1.165, 1.54) is 26.0 Å². The quantitative estimate of drug-likeness (QED) is 0.370. The van der Waals surface area contributed by atoms with Gasteiger partial charge >= 0.3 is 5.97 Å². The second-order valence-electron chi connectivity index (χ2n) is 5.65. The molecule has 2 rings (SSSR count). The van der Waals surface area contributed by atoms with Crippen molar-refractivity contribution in [1.82, 2.24) is 0 Å². The largest absolute Gasteiger partial charge is 0.456 e. The predicted octanol–water partition coefficient (Wildman–Crippen LogP) is 2.81. The Balaban J connectivity index is 2.51. The summed E-state index contributed by atoms with van der Waals surface area (Å²) in [6, 6.07) is 6.05. The normalized spacial score (nSPS) is 24.5. The van der Waals surface area contributed by atoms with Crippen molar-refractivity contribution in [1.29, 1.82) is 0 Å². The standard InChI is InChI=1S/C15H17NO5/c1-4-9-12(21-14(18)15(2,3)13(9)17)10-7-5-6-8-11(10)16(19)20/h5-9,12H,4H2,1-3H3. The molecule has 0 saturated carbocycles. The van der Waals surface area contributed by atoms with E-state index in [0.717, 1.165) is 0 Å². The van der Waals surface area contributed by atoms with Gasteiger partial charge in [0, 0.05) is 6.07 Å². The Hall–Kier alpha value is -2.24. The van der Waals surface area contributed by atoms with Crippen molar-refractivity contribution < 1.29 is 19.2 Å². The van der Waals surface area contributed by atoms with Crippen LogP contribution in [0.15, 0.2) is 24.3 Å². The third-order valence-electron chi connectivity index (χ3n) is 3.94. The minimum absolute atomic E-state index is 0.138. The summed E-state index contributed by atoms with van der Waals surface area (Å²) in [4.78, 5) is 35.1. The van der Waals surface area contributed by atoms with Gasteiger partial charge in [-0.25, -0.2) is 0 Å². The molecular weight excluding hydrogens is 274 g/mol. The van der Waals surface area contributed by atoms with Crippen molar-refractivity contribution in [2.75, 3.05) is 0 Å². The van der Waals surface area contributed by atoms with Crippen molar-refractivity contribution in [2.45, 2.75) is 33.3 Å². The minimum atomic E-state index is -1.21. The molecular formula is C15H17NO5. The zero-order valence-corrected chi connectivity index (χ0v) is 12.2. The van der Waals surface area contributed by atoms with Crippen molar-refractivity contribution in [2.24, 2.45) is 11.3 Å².